The molecule has 0 amide bonds. The molecule has 0 radical (unpaired) electrons. The fourth-order valence-electron chi connectivity index (χ4n) is 1.56. The highest BCUT2D eigenvalue weighted by Crippen LogP contribution is 2.22. The van der Waals surface area contributed by atoms with Gasteiger partial charge in [0.15, 0.2) is 0 Å². The summed E-state index contributed by atoms with van der Waals surface area (Å²) < 4.78 is 4.70. The van der Waals surface area contributed by atoms with Gasteiger partial charge >= 0.3 is 5.97 Å². The molecular formula is C11H11NO2. The van der Waals surface area contributed by atoms with Crippen LogP contribution < -0.4 is 5.32 Å². The maximum Gasteiger partial charge on any atom is 0.339 e. The maximum atomic E-state index is 11.4. The molecule has 0 bridgehead atoms. The molecule has 1 aliphatic rings. The number of carbonyl (C=O) groups excluding carboxylic acids is 1. The number of hydrogen-bond acceptors (Lipinski definition) is 3. The van der Waals surface area contributed by atoms with Crippen LogP contribution in [0.1, 0.15) is 11.1 Å². The van der Waals surface area contributed by atoms with Crippen LogP contribution in [0.4, 0.5) is 0 Å². The minimum Gasteiger partial charge on any atom is -0.465 e. The first-order valence-electron chi connectivity index (χ1n) is 4.43. The summed E-state index contributed by atoms with van der Waals surface area (Å²) in [5, 5.41) is 3.04. The van der Waals surface area contributed by atoms with Gasteiger partial charge in [0.05, 0.1) is 12.7 Å². The Hall–Kier alpha value is -1.77. The third-order valence-corrected chi connectivity index (χ3v) is 2.25. The zero-order valence-electron chi connectivity index (χ0n) is 7.91. The lowest BCUT2D eigenvalue weighted by Gasteiger charge is -2.16. The molecule has 0 aliphatic carbocycles. The van der Waals surface area contributed by atoms with E-state index in [0.717, 1.165) is 17.7 Å². The first kappa shape index (κ1) is 8.81. The number of benzene rings is 1. The van der Waals surface area contributed by atoms with Crippen LogP contribution in [0.25, 0.3) is 5.57 Å². The van der Waals surface area contributed by atoms with Gasteiger partial charge in [0.1, 0.15) is 0 Å². The van der Waals surface area contributed by atoms with Crippen molar-refractivity contribution in [1.82, 2.24) is 5.32 Å². The van der Waals surface area contributed by atoms with Gasteiger partial charge in [0, 0.05) is 12.7 Å². The number of ether oxygens (including phenoxy) is 1. The molecule has 0 spiro atoms. The lowest BCUT2D eigenvalue weighted by atomic mass is 9.98. The van der Waals surface area contributed by atoms with Gasteiger partial charge in [-0.3, -0.25) is 0 Å². The zero-order valence-corrected chi connectivity index (χ0v) is 7.91. The topological polar surface area (TPSA) is 38.3 Å². The van der Waals surface area contributed by atoms with E-state index in [1.807, 2.05) is 24.3 Å². The molecule has 1 aromatic rings. The fourth-order valence-corrected chi connectivity index (χ4v) is 1.56. The van der Waals surface area contributed by atoms with Gasteiger partial charge in [0.2, 0.25) is 0 Å². The molecule has 72 valence electrons. The summed E-state index contributed by atoms with van der Waals surface area (Å²) in [6, 6.07) is 7.80. The second-order valence-electron chi connectivity index (χ2n) is 3.09. The van der Waals surface area contributed by atoms with Crippen molar-refractivity contribution in [1.29, 1.82) is 0 Å². The Morgan fingerprint density at radius 2 is 2.21 bits per heavy atom. The summed E-state index contributed by atoms with van der Waals surface area (Å²) in [5.74, 6) is -0.301. The number of hydrogen-bond donors (Lipinski definition) is 1. The SMILES string of the molecule is COC(=O)C1=CNCc2ccccc21. The fraction of sp³-hybridized carbons (Fsp3) is 0.182. The molecule has 1 heterocycles. The average molecular weight is 189 g/mol. The molecule has 0 unspecified atom stereocenters. The van der Waals surface area contributed by atoms with Gasteiger partial charge < -0.3 is 10.1 Å². The summed E-state index contributed by atoms with van der Waals surface area (Å²) in [6.45, 7) is 0.761. The third kappa shape index (κ3) is 1.37. The summed E-state index contributed by atoms with van der Waals surface area (Å²) in [7, 11) is 1.39. The highest BCUT2D eigenvalue weighted by molar-refractivity contribution is 6.17. The van der Waals surface area contributed by atoms with Crippen LogP contribution in [0.3, 0.4) is 0 Å². The van der Waals surface area contributed by atoms with Crippen LogP contribution >= 0.6 is 0 Å². The number of methoxy groups -OCH3 is 1. The van der Waals surface area contributed by atoms with E-state index in [1.165, 1.54) is 7.11 Å². The molecule has 0 atom stereocenters. The van der Waals surface area contributed by atoms with Gasteiger partial charge in [-0.2, -0.15) is 0 Å². The Bertz CT molecular complexity index is 396. The first-order valence-corrected chi connectivity index (χ1v) is 4.43. The molecule has 3 nitrogen and oxygen atoms in total. The predicted octanol–water partition coefficient (Wildman–Crippen LogP) is 1.30. The van der Waals surface area contributed by atoms with Gasteiger partial charge in [-0.25, -0.2) is 4.79 Å². The molecule has 14 heavy (non-hydrogen) atoms. The average Bonchev–Trinajstić information content (AvgIpc) is 2.27. The van der Waals surface area contributed by atoms with Crippen molar-refractivity contribution in [3.8, 4) is 0 Å². The van der Waals surface area contributed by atoms with Gasteiger partial charge in [-0.1, -0.05) is 24.3 Å². The number of carbonyl (C=O) groups is 1. The Morgan fingerprint density at radius 1 is 1.43 bits per heavy atom. The summed E-state index contributed by atoms with van der Waals surface area (Å²) in [6.07, 6.45) is 1.70. The molecule has 3 heteroatoms. The van der Waals surface area contributed by atoms with Gasteiger partial charge in [0.25, 0.3) is 0 Å². The Labute approximate surface area is 82.4 Å². The minimum absolute atomic E-state index is 0.301. The monoisotopic (exact) mass is 189 g/mol. The van der Waals surface area contributed by atoms with Crippen molar-refractivity contribution in [3.05, 3.63) is 41.6 Å². The molecule has 0 saturated carbocycles. The van der Waals surface area contributed by atoms with Crippen LogP contribution in [-0.4, -0.2) is 13.1 Å². The summed E-state index contributed by atoms with van der Waals surface area (Å²) >= 11 is 0. The molecule has 1 aromatic carbocycles. The zero-order chi connectivity index (χ0) is 9.97. The van der Waals surface area contributed by atoms with E-state index < -0.39 is 0 Å². The van der Waals surface area contributed by atoms with Crippen LogP contribution in [0.15, 0.2) is 30.5 Å². The number of fused-ring (bicyclic) bond motifs is 1. The molecule has 1 N–H and O–H groups in total. The van der Waals surface area contributed by atoms with Crippen molar-refractivity contribution in [3.63, 3.8) is 0 Å². The highest BCUT2D eigenvalue weighted by Gasteiger charge is 2.18. The lowest BCUT2D eigenvalue weighted by molar-refractivity contribution is -0.133. The first-order chi connectivity index (χ1) is 6.83. The summed E-state index contributed by atoms with van der Waals surface area (Å²) in [4.78, 5) is 11.4. The standard InChI is InChI=1S/C11H11NO2/c1-14-11(13)10-7-12-6-8-4-2-3-5-9(8)10/h2-5,7,12H,6H2,1H3. The quantitative estimate of drug-likeness (QED) is 0.677. The smallest absolute Gasteiger partial charge is 0.339 e. The maximum absolute atomic E-state index is 11.4. The van der Waals surface area contributed by atoms with E-state index in [1.54, 1.807) is 6.20 Å². The van der Waals surface area contributed by atoms with Crippen molar-refractivity contribution in [2.45, 2.75) is 6.54 Å². The van der Waals surface area contributed by atoms with Crippen molar-refractivity contribution in [2.24, 2.45) is 0 Å². The van der Waals surface area contributed by atoms with Crippen LogP contribution in [-0.2, 0) is 16.1 Å². The van der Waals surface area contributed by atoms with Crippen LogP contribution in [0.2, 0.25) is 0 Å². The second-order valence-corrected chi connectivity index (χ2v) is 3.09. The normalized spacial score (nSPS) is 13.6. The van der Waals surface area contributed by atoms with E-state index in [0.29, 0.717) is 5.57 Å². The Morgan fingerprint density at radius 3 is 3.00 bits per heavy atom. The van der Waals surface area contributed by atoms with Crippen molar-refractivity contribution < 1.29 is 9.53 Å². The van der Waals surface area contributed by atoms with E-state index in [4.69, 9.17) is 4.74 Å². The highest BCUT2D eigenvalue weighted by atomic mass is 16.5. The largest absolute Gasteiger partial charge is 0.465 e. The molecule has 0 fully saturated rings. The van der Waals surface area contributed by atoms with Crippen molar-refractivity contribution >= 4 is 11.5 Å². The minimum atomic E-state index is -0.301. The lowest BCUT2D eigenvalue weighted by Crippen LogP contribution is -2.18. The third-order valence-electron chi connectivity index (χ3n) is 2.25. The van der Waals surface area contributed by atoms with Crippen molar-refractivity contribution in [2.75, 3.05) is 7.11 Å². The molecule has 0 aromatic heterocycles. The summed E-state index contributed by atoms with van der Waals surface area (Å²) in [5.41, 5.74) is 2.67. The molecule has 1 aliphatic heterocycles. The number of esters is 1. The van der Waals surface area contributed by atoms with E-state index in [9.17, 15) is 4.79 Å². The molecular weight excluding hydrogens is 178 g/mol. The second kappa shape index (κ2) is 3.54. The number of rotatable bonds is 1. The van der Waals surface area contributed by atoms with Gasteiger partial charge in [-0.15, -0.1) is 0 Å². The molecule has 0 saturated heterocycles. The van der Waals surface area contributed by atoms with E-state index >= 15 is 0 Å². The Kier molecular flexibility index (Phi) is 2.23. The number of nitrogens with one attached hydrogen (secondary N) is 1. The van der Waals surface area contributed by atoms with Crippen LogP contribution in [0.5, 0.6) is 0 Å². The van der Waals surface area contributed by atoms with Gasteiger partial charge in [-0.05, 0) is 11.1 Å². The van der Waals surface area contributed by atoms with E-state index in [2.05, 4.69) is 5.32 Å². The van der Waals surface area contributed by atoms with Crippen LogP contribution in [0, 0.1) is 0 Å². The van der Waals surface area contributed by atoms with E-state index in [-0.39, 0.29) is 5.97 Å². The Balaban J connectivity index is 2.45. The predicted molar refractivity (Wildman–Crippen MR) is 53.3 cm³/mol. The molecule has 2 rings (SSSR count).